The van der Waals surface area contributed by atoms with Crippen molar-refractivity contribution in [3.63, 3.8) is 0 Å². The molecule has 1 aromatic heterocycles. The van der Waals surface area contributed by atoms with E-state index >= 15 is 0 Å². The molecule has 1 aliphatic rings. The summed E-state index contributed by atoms with van der Waals surface area (Å²) in [6, 6.07) is 8.56. The Kier molecular flexibility index (Phi) is 6.81. The van der Waals surface area contributed by atoms with E-state index in [1.807, 2.05) is 19.9 Å². The summed E-state index contributed by atoms with van der Waals surface area (Å²) in [4.78, 5) is 39.6. The van der Waals surface area contributed by atoms with Gasteiger partial charge in [0.25, 0.3) is 0 Å². The first-order valence-corrected chi connectivity index (χ1v) is 11.6. The highest BCUT2D eigenvalue weighted by Crippen LogP contribution is 2.43. The number of allylic oxidation sites excluding steroid dienone is 1. The molecule has 11 heteroatoms. The summed E-state index contributed by atoms with van der Waals surface area (Å²) < 4.78 is 46.5. The Bertz CT molecular complexity index is 1450. The minimum atomic E-state index is -4.61. The minimum absolute atomic E-state index is 0.0182. The molecule has 0 bridgehead atoms. The van der Waals surface area contributed by atoms with Gasteiger partial charge in [0.15, 0.2) is 0 Å². The van der Waals surface area contributed by atoms with Gasteiger partial charge in [-0.15, -0.1) is 5.10 Å². The van der Waals surface area contributed by atoms with Gasteiger partial charge in [0.2, 0.25) is 5.95 Å². The molecule has 0 fully saturated rings. The summed E-state index contributed by atoms with van der Waals surface area (Å²) in [5, 5.41) is 6.39. The predicted octanol–water partition coefficient (Wildman–Crippen LogP) is 5.10. The Labute approximate surface area is 210 Å². The highest BCUT2D eigenvalue weighted by Gasteiger charge is 2.41. The molecular weight excluding hydrogens is 489 g/mol. The summed E-state index contributed by atoms with van der Waals surface area (Å²) in [5.74, 6) is -0.677. The van der Waals surface area contributed by atoms with Crippen LogP contribution in [0.1, 0.15) is 66.2 Å². The van der Waals surface area contributed by atoms with Gasteiger partial charge in [0.1, 0.15) is 12.3 Å². The number of methoxy groups -OCH3 is 1. The van der Waals surface area contributed by atoms with E-state index in [1.165, 1.54) is 24.0 Å². The van der Waals surface area contributed by atoms with Gasteiger partial charge >= 0.3 is 17.8 Å². The lowest BCUT2D eigenvalue weighted by atomic mass is 9.88. The molecule has 2 unspecified atom stereocenters. The van der Waals surface area contributed by atoms with Crippen LogP contribution in [-0.2, 0) is 15.7 Å². The van der Waals surface area contributed by atoms with Crippen LogP contribution in [0, 0.1) is 0 Å². The van der Waals surface area contributed by atoms with Crippen molar-refractivity contribution < 1.29 is 27.5 Å². The van der Waals surface area contributed by atoms with Crippen molar-refractivity contribution in [1.29, 1.82) is 0 Å². The van der Waals surface area contributed by atoms with E-state index in [0.717, 1.165) is 35.8 Å². The number of aldehydes is 1. The Hall–Kier alpha value is -4.15. The average Bonchev–Trinajstić information content (AvgIpc) is 3.26. The van der Waals surface area contributed by atoms with Crippen molar-refractivity contribution >= 4 is 23.9 Å². The Morgan fingerprint density at radius 3 is 2.59 bits per heavy atom. The molecule has 0 radical (unpaired) electrons. The van der Waals surface area contributed by atoms with E-state index in [2.05, 4.69) is 10.2 Å². The average molecular weight is 515 g/mol. The molecule has 0 aliphatic carbocycles. The first-order valence-electron chi connectivity index (χ1n) is 11.6. The van der Waals surface area contributed by atoms with Crippen LogP contribution in [0.15, 0.2) is 58.5 Å². The zero-order chi connectivity index (χ0) is 27.1. The number of rotatable bonds is 6. The zero-order valence-electron chi connectivity index (χ0n) is 20.6. The minimum Gasteiger partial charge on any atom is -0.466 e. The molecule has 8 nitrogen and oxygen atoms in total. The van der Waals surface area contributed by atoms with E-state index < -0.39 is 29.4 Å². The van der Waals surface area contributed by atoms with Gasteiger partial charge in [-0.1, -0.05) is 32.0 Å². The van der Waals surface area contributed by atoms with Crippen molar-refractivity contribution in [2.24, 2.45) is 0 Å². The molecule has 0 amide bonds. The predicted molar refractivity (Wildman–Crippen MR) is 130 cm³/mol. The maximum absolute atomic E-state index is 13.5. The molecule has 1 N–H and O–H groups in total. The topological polar surface area (TPSA) is 97.3 Å². The summed E-state index contributed by atoms with van der Waals surface area (Å²) >= 11 is 0. The Balaban J connectivity index is 2.01. The SMILES string of the molecule is CCC(C)c1ccc(C2C(C(=O)OC)=C(C)N(c3cccc(C(F)(F)F)c3)c3n[nH]c(=O)n32)c(C=O)c1. The van der Waals surface area contributed by atoms with E-state index in [0.29, 0.717) is 11.8 Å². The highest BCUT2D eigenvalue weighted by molar-refractivity contribution is 5.94. The van der Waals surface area contributed by atoms with Crippen LogP contribution in [0.25, 0.3) is 0 Å². The van der Waals surface area contributed by atoms with E-state index in [4.69, 9.17) is 4.74 Å². The first kappa shape index (κ1) is 25.9. The van der Waals surface area contributed by atoms with Crippen molar-refractivity contribution in [1.82, 2.24) is 14.8 Å². The lowest BCUT2D eigenvalue weighted by molar-refractivity contribution is -0.138. The quantitative estimate of drug-likeness (QED) is 0.363. The van der Waals surface area contributed by atoms with E-state index in [9.17, 15) is 27.6 Å². The van der Waals surface area contributed by atoms with Gasteiger partial charge < -0.3 is 4.74 Å². The lowest BCUT2D eigenvalue weighted by Gasteiger charge is -2.36. The number of esters is 1. The van der Waals surface area contributed by atoms with Crippen LogP contribution >= 0.6 is 0 Å². The van der Waals surface area contributed by atoms with Crippen LogP contribution in [0.4, 0.5) is 24.8 Å². The summed E-state index contributed by atoms with van der Waals surface area (Å²) in [7, 11) is 1.16. The third kappa shape index (κ3) is 4.45. The second-order valence-electron chi connectivity index (χ2n) is 8.79. The van der Waals surface area contributed by atoms with Crippen molar-refractivity contribution in [3.05, 3.63) is 86.5 Å². The highest BCUT2D eigenvalue weighted by atomic mass is 19.4. The number of fused-ring (bicyclic) bond motifs is 1. The number of anilines is 2. The standard InChI is InChI=1S/C26H25F3N4O4/c1-5-14(2)16-9-10-20(17(11-16)13-34)22-21(23(35)37-4)15(3)32(24-30-31-25(36)33(22)24)19-8-6-7-18(12-19)26(27,28)29/h6-14,22H,5H2,1-4H3,(H,31,36). The third-order valence-corrected chi connectivity index (χ3v) is 6.69. The molecule has 0 spiro atoms. The number of carbonyl (C=O) groups is 2. The van der Waals surface area contributed by atoms with E-state index in [-0.39, 0.29) is 34.4 Å². The number of nitrogens with zero attached hydrogens (tertiary/aromatic N) is 3. The second-order valence-corrected chi connectivity index (χ2v) is 8.79. The largest absolute Gasteiger partial charge is 0.466 e. The maximum atomic E-state index is 13.5. The fourth-order valence-electron chi connectivity index (χ4n) is 4.57. The summed E-state index contributed by atoms with van der Waals surface area (Å²) in [5.41, 5.74) is 0.131. The monoisotopic (exact) mass is 514 g/mol. The first-order chi connectivity index (χ1) is 17.5. The molecule has 2 aromatic carbocycles. The van der Waals surface area contributed by atoms with Crippen molar-refractivity contribution in [3.8, 4) is 0 Å². The molecule has 4 rings (SSSR count). The number of nitrogens with one attached hydrogen (secondary N) is 1. The van der Waals surface area contributed by atoms with Crippen LogP contribution in [-0.4, -0.2) is 34.1 Å². The number of hydrogen-bond donors (Lipinski definition) is 1. The molecule has 194 valence electrons. The number of benzene rings is 2. The number of H-pyrrole nitrogens is 1. The molecule has 3 aromatic rings. The van der Waals surface area contributed by atoms with Gasteiger partial charge in [-0.25, -0.2) is 19.3 Å². The molecule has 1 aliphatic heterocycles. The summed E-state index contributed by atoms with van der Waals surface area (Å²) in [6.07, 6.45) is -3.13. The number of aromatic nitrogens is 3. The lowest BCUT2D eigenvalue weighted by Crippen LogP contribution is -2.38. The molecule has 2 heterocycles. The molecule has 0 saturated carbocycles. The van der Waals surface area contributed by atoms with Crippen LogP contribution < -0.4 is 10.6 Å². The fraction of sp³-hybridized carbons (Fsp3) is 0.308. The number of carbonyl (C=O) groups excluding carboxylic acids is 2. The van der Waals surface area contributed by atoms with Crippen molar-refractivity contribution in [2.45, 2.75) is 45.3 Å². The molecule has 2 atom stereocenters. The zero-order valence-corrected chi connectivity index (χ0v) is 20.6. The number of ether oxygens (including phenoxy) is 1. The van der Waals surface area contributed by atoms with Gasteiger partial charge in [-0.2, -0.15) is 13.2 Å². The smallest absolute Gasteiger partial charge is 0.416 e. The van der Waals surface area contributed by atoms with Crippen LogP contribution in [0.2, 0.25) is 0 Å². The number of halogens is 3. The number of alkyl halides is 3. The van der Waals surface area contributed by atoms with Gasteiger partial charge in [-0.05, 0) is 54.7 Å². The van der Waals surface area contributed by atoms with E-state index in [1.54, 1.807) is 12.1 Å². The third-order valence-electron chi connectivity index (χ3n) is 6.69. The Morgan fingerprint density at radius 1 is 1.24 bits per heavy atom. The van der Waals surface area contributed by atoms with Gasteiger partial charge in [0, 0.05) is 16.9 Å². The number of hydrogen-bond acceptors (Lipinski definition) is 6. The molecule has 0 saturated heterocycles. The summed E-state index contributed by atoms with van der Waals surface area (Å²) in [6.45, 7) is 5.55. The number of aromatic amines is 1. The maximum Gasteiger partial charge on any atom is 0.416 e. The molecule has 37 heavy (non-hydrogen) atoms. The second kappa shape index (κ2) is 9.72. The normalized spacial score (nSPS) is 16.4. The van der Waals surface area contributed by atoms with Crippen molar-refractivity contribution in [2.75, 3.05) is 12.0 Å². The molecular formula is C26H25F3N4O4. The van der Waals surface area contributed by atoms with Gasteiger partial charge in [0.05, 0.1) is 18.2 Å². The van der Waals surface area contributed by atoms with Crippen LogP contribution in [0.5, 0.6) is 0 Å². The fourth-order valence-corrected chi connectivity index (χ4v) is 4.57. The van der Waals surface area contributed by atoms with Gasteiger partial charge in [-0.3, -0.25) is 9.69 Å². The van der Waals surface area contributed by atoms with Crippen LogP contribution in [0.3, 0.4) is 0 Å². The Morgan fingerprint density at radius 2 is 1.97 bits per heavy atom.